The van der Waals surface area contributed by atoms with Crippen LogP contribution in [0.2, 0.25) is 0 Å². The van der Waals surface area contributed by atoms with E-state index in [0.29, 0.717) is 17.8 Å². The second-order valence-electron chi connectivity index (χ2n) is 6.67. The highest BCUT2D eigenvalue weighted by atomic mass is 19.1. The van der Waals surface area contributed by atoms with Gasteiger partial charge in [0.25, 0.3) is 0 Å². The van der Waals surface area contributed by atoms with Gasteiger partial charge in [-0.3, -0.25) is 10.1 Å². The third kappa shape index (κ3) is 3.67. The summed E-state index contributed by atoms with van der Waals surface area (Å²) in [7, 11) is 0. The molecule has 4 rings (SSSR count). The number of aryl methyl sites for hydroxylation is 1. The van der Waals surface area contributed by atoms with E-state index in [1.54, 1.807) is 6.20 Å². The molecule has 0 amide bonds. The van der Waals surface area contributed by atoms with Gasteiger partial charge in [-0.1, -0.05) is 24.3 Å². The number of aromatic nitrogens is 7. The molecule has 3 heterocycles. The highest BCUT2D eigenvalue weighted by molar-refractivity contribution is 5.67. The average Bonchev–Trinajstić information content (AvgIpc) is 3.42. The van der Waals surface area contributed by atoms with E-state index >= 15 is 0 Å². The molecular formula is C20H19FN8O. The smallest absolute Gasteiger partial charge is 0.327 e. The predicted molar refractivity (Wildman–Crippen MR) is 109 cm³/mol. The molecule has 0 saturated carbocycles. The Balaban J connectivity index is 1.61. The van der Waals surface area contributed by atoms with Crippen LogP contribution in [-0.4, -0.2) is 41.1 Å². The number of nitrogens with one attached hydrogen (secondary N) is 1. The molecule has 0 aliphatic heterocycles. The van der Waals surface area contributed by atoms with Crippen LogP contribution in [0.4, 0.5) is 4.39 Å². The molecule has 152 valence electrons. The summed E-state index contributed by atoms with van der Waals surface area (Å²) in [6.07, 6.45) is 4.92. The van der Waals surface area contributed by atoms with Crippen molar-refractivity contribution in [2.24, 2.45) is 5.73 Å². The lowest BCUT2D eigenvalue weighted by molar-refractivity contribution is 0.612. The fraction of sp³-hybridized carbons (Fsp3) is 0.150. The minimum Gasteiger partial charge on any atom is -0.327 e. The molecule has 0 saturated heterocycles. The first-order chi connectivity index (χ1) is 14.6. The zero-order chi connectivity index (χ0) is 21.1. The Morgan fingerprint density at radius 2 is 2.00 bits per heavy atom. The largest absolute Gasteiger partial charge is 0.350 e. The van der Waals surface area contributed by atoms with E-state index in [2.05, 4.69) is 25.3 Å². The Kier molecular flexibility index (Phi) is 5.31. The van der Waals surface area contributed by atoms with Crippen molar-refractivity contribution < 1.29 is 4.39 Å². The predicted octanol–water partition coefficient (Wildman–Crippen LogP) is 2.00. The fourth-order valence-corrected chi connectivity index (χ4v) is 3.08. The molecule has 0 bridgehead atoms. The van der Waals surface area contributed by atoms with Crippen LogP contribution in [0.3, 0.4) is 0 Å². The molecule has 30 heavy (non-hydrogen) atoms. The molecule has 0 aliphatic carbocycles. The van der Waals surface area contributed by atoms with E-state index < -0.39 is 5.69 Å². The van der Waals surface area contributed by atoms with Gasteiger partial charge in [-0.15, -0.1) is 0 Å². The Morgan fingerprint density at radius 1 is 1.23 bits per heavy atom. The van der Waals surface area contributed by atoms with Crippen LogP contribution in [0.25, 0.3) is 28.3 Å². The second kappa shape index (κ2) is 8.21. The molecule has 0 unspecified atom stereocenters. The molecule has 3 aromatic heterocycles. The lowest BCUT2D eigenvalue weighted by Crippen LogP contribution is -2.26. The summed E-state index contributed by atoms with van der Waals surface area (Å²) in [5, 5.41) is 10.8. The van der Waals surface area contributed by atoms with Crippen molar-refractivity contribution in [3.05, 3.63) is 77.1 Å². The van der Waals surface area contributed by atoms with Crippen LogP contribution >= 0.6 is 0 Å². The van der Waals surface area contributed by atoms with Crippen LogP contribution in [0, 0.1) is 6.92 Å². The van der Waals surface area contributed by atoms with Gasteiger partial charge in [0, 0.05) is 17.7 Å². The first-order valence-corrected chi connectivity index (χ1v) is 9.17. The summed E-state index contributed by atoms with van der Waals surface area (Å²) in [5.74, 6) is 0.623. The number of halogens is 1. The lowest BCUT2D eigenvalue weighted by Gasteiger charge is -2.08. The normalized spacial score (nSPS) is 11.8. The van der Waals surface area contributed by atoms with Gasteiger partial charge >= 0.3 is 5.69 Å². The molecule has 10 heteroatoms. The summed E-state index contributed by atoms with van der Waals surface area (Å²) in [6, 6.07) is 9.60. The van der Waals surface area contributed by atoms with E-state index in [1.807, 2.05) is 37.3 Å². The highest BCUT2D eigenvalue weighted by Gasteiger charge is 2.12. The number of hydrogen-bond donors (Lipinski definition) is 2. The fourth-order valence-electron chi connectivity index (χ4n) is 3.08. The summed E-state index contributed by atoms with van der Waals surface area (Å²) in [6.45, 7) is 1.93. The van der Waals surface area contributed by atoms with Crippen molar-refractivity contribution in [3.63, 3.8) is 0 Å². The highest BCUT2D eigenvalue weighted by Crippen LogP contribution is 2.25. The number of rotatable bonds is 6. The van der Waals surface area contributed by atoms with Gasteiger partial charge in [0.2, 0.25) is 0 Å². The number of H-pyrrole nitrogens is 1. The van der Waals surface area contributed by atoms with Gasteiger partial charge in [-0.2, -0.15) is 10.2 Å². The number of benzene rings is 1. The quantitative estimate of drug-likeness (QED) is 0.505. The molecule has 3 N–H and O–H groups in total. The molecule has 0 spiro atoms. The maximum atomic E-state index is 12.8. The zero-order valence-corrected chi connectivity index (χ0v) is 16.2. The van der Waals surface area contributed by atoms with E-state index in [-0.39, 0.29) is 18.7 Å². The number of nitrogens with two attached hydrogens (primary N) is 1. The summed E-state index contributed by atoms with van der Waals surface area (Å²) in [4.78, 5) is 21.3. The molecule has 0 atom stereocenters. The first-order valence-electron chi connectivity index (χ1n) is 9.17. The Morgan fingerprint density at radius 3 is 2.63 bits per heavy atom. The number of pyridine rings is 1. The topological polar surface area (TPSA) is 120 Å². The molecule has 0 fully saturated rings. The number of nitrogens with zero attached hydrogens (tertiary/aromatic N) is 6. The van der Waals surface area contributed by atoms with E-state index in [9.17, 15) is 9.18 Å². The Hall–Kier alpha value is -3.92. The Bertz CT molecular complexity index is 1240. The molecular weight excluding hydrogens is 387 g/mol. The van der Waals surface area contributed by atoms with Crippen molar-refractivity contribution in [3.8, 4) is 28.3 Å². The summed E-state index contributed by atoms with van der Waals surface area (Å²) in [5.41, 5.74) is 9.42. The van der Waals surface area contributed by atoms with Gasteiger partial charge in [0.15, 0.2) is 5.82 Å². The van der Waals surface area contributed by atoms with Gasteiger partial charge in [-0.05, 0) is 24.1 Å². The van der Waals surface area contributed by atoms with Gasteiger partial charge < -0.3 is 5.73 Å². The van der Waals surface area contributed by atoms with Crippen molar-refractivity contribution in [2.75, 3.05) is 6.54 Å². The van der Waals surface area contributed by atoms with E-state index in [4.69, 9.17) is 5.73 Å². The van der Waals surface area contributed by atoms with Crippen molar-refractivity contribution in [1.82, 2.24) is 34.5 Å². The second-order valence-corrected chi connectivity index (χ2v) is 6.67. The molecule has 0 aliphatic rings. The Labute approximate surface area is 170 Å². The summed E-state index contributed by atoms with van der Waals surface area (Å²) >= 11 is 0. The molecule has 9 nitrogen and oxygen atoms in total. The molecule has 1 aromatic carbocycles. The van der Waals surface area contributed by atoms with Gasteiger partial charge in [0.05, 0.1) is 30.5 Å². The van der Waals surface area contributed by atoms with Crippen molar-refractivity contribution >= 4 is 0 Å². The van der Waals surface area contributed by atoms with Crippen LogP contribution < -0.4 is 11.4 Å². The average molecular weight is 406 g/mol. The minimum atomic E-state index is -0.396. The van der Waals surface area contributed by atoms with Crippen LogP contribution in [0.15, 0.2) is 65.9 Å². The zero-order valence-electron chi connectivity index (χ0n) is 16.2. The number of aromatic amines is 1. The van der Waals surface area contributed by atoms with Crippen molar-refractivity contribution in [2.45, 2.75) is 13.5 Å². The van der Waals surface area contributed by atoms with Crippen LogP contribution in [0.5, 0.6) is 0 Å². The van der Waals surface area contributed by atoms with E-state index in [1.165, 1.54) is 17.2 Å². The molecule has 0 radical (unpaired) electrons. The third-order valence-electron chi connectivity index (χ3n) is 4.68. The maximum Gasteiger partial charge on any atom is 0.350 e. The third-order valence-corrected chi connectivity index (χ3v) is 4.68. The first kappa shape index (κ1) is 19.4. The maximum absolute atomic E-state index is 12.8. The van der Waals surface area contributed by atoms with E-state index in [0.717, 1.165) is 27.1 Å². The van der Waals surface area contributed by atoms with Gasteiger partial charge in [0.1, 0.15) is 12.7 Å². The SMILES string of the molecule is Cc1cc(-n2cnn(C/C(=C/F)CN)c2=O)cnc1-c1ccc(-c2nc[nH]n2)cc1. The minimum absolute atomic E-state index is 0.000529. The van der Waals surface area contributed by atoms with Crippen LogP contribution in [0.1, 0.15) is 5.56 Å². The summed E-state index contributed by atoms with van der Waals surface area (Å²) < 4.78 is 15.3. The lowest BCUT2D eigenvalue weighted by atomic mass is 10.0. The van der Waals surface area contributed by atoms with Gasteiger partial charge in [-0.25, -0.2) is 23.4 Å². The monoisotopic (exact) mass is 406 g/mol. The number of hydrogen-bond acceptors (Lipinski definition) is 6. The van der Waals surface area contributed by atoms with Crippen LogP contribution in [-0.2, 0) is 6.54 Å². The molecule has 4 aromatic rings. The standard InChI is InChI=1S/C20H19FN8O/c1-13-6-17(28-12-26-29(20(28)30)10-14(7-21)8-22)9-23-18(13)15-2-4-16(5-3-15)19-24-11-25-27-19/h2-7,9,11-12H,8,10,22H2,1H3,(H,24,25,27)/b14-7+. The van der Waals surface area contributed by atoms with Crippen molar-refractivity contribution in [1.29, 1.82) is 0 Å².